The molecule has 0 saturated carbocycles. The second-order valence-corrected chi connectivity index (χ2v) is 4.78. The van der Waals surface area contributed by atoms with Gasteiger partial charge in [-0.1, -0.05) is 18.5 Å². The monoisotopic (exact) mass is 279 g/mol. The van der Waals surface area contributed by atoms with Gasteiger partial charge in [-0.05, 0) is 30.7 Å². The molecule has 0 saturated heterocycles. The van der Waals surface area contributed by atoms with Gasteiger partial charge in [-0.25, -0.2) is 14.4 Å². The van der Waals surface area contributed by atoms with Crippen LogP contribution in [0.5, 0.6) is 0 Å². The Morgan fingerprint density at radius 3 is 2.84 bits per heavy atom. The molecule has 0 bridgehead atoms. The van der Waals surface area contributed by atoms with E-state index in [0.717, 1.165) is 12.1 Å². The highest BCUT2D eigenvalue weighted by Gasteiger charge is 2.09. The van der Waals surface area contributed by atoms with E-state index >= 15 is 0 Å². The molecule has 0 amide bonds. The number of nitrogens with zero attached hydrogens (tertiary/aromatic N) is 2. The summed E-state index contributed by atoms with van der Waals surface area (Å²) in [6.07, 6.45) is 3.24. The summed E-state index contributed by atoms with van der Waals surface area (Å²) in [5.41, 5.74) is 7.39. The predicted octanol–water partition coefficient (Wildman–Crippen LogP) is 3.22. The van der Waals surface area contributed by atoms with Gasteiger partial charge in [-0.2, -0.15) is 0 Å². The molecule has 0 spiro atoms. The van der Waals surface area contributed by atoms with E-state index in [0.29, 0.717) is 22.8 Å². The van der Waals surface area contributed by atoms with E-state index in [1.807, 2.05) is 13.0 Å². The average Bonchev–Trinajstić information content (AvgIpc) is 2.39. The number of halogens is 2. The topological polar surface area (TPSA) is 51.8 Å². The van der Waals surface area contributed by atoms with Crippen LogP contribution in [-0.4, -0.2) is 16.0 Å². The van der Waals surface area contributed by atoms with E-state index in [1.54, 1.807) is 12.3 Å². The number of aromatic nitrogens is 2. The molecule has 5 heteroatoms. The van der Waals surface area contributed by atoms with Gasteiger partial charge >= 0.3 is 0 Å². The SMILES string of the molecule is CCC(N)Cc1ccnc(-c2ccc(F)cc2Cl)n1. The van der Waals surface area contributed by atoms with Crippen LogP contribution in [0.15, 0.2) is 30.5 Å². The van der Waals surface area contributed by atoms with Gasteiger partial charge in [0.25, 0.3) is 0 Å². The summed E-state index contributed by atoms with van der Waals surface area (Å²) in [4.78, 5) is 8.60. The Morgan fingerprint density at radius 1 is 1.37 bits per heavy atom. The molecule has 0 aliphatic heterocycles. The molecule has 0 radical (unpaired) electrons. The number of rotatable bonds is 4. The largest absolute Gasteiger partial charge is 0.327 e. The van der Waals surface area contributed by atoms with Crippen molar-refractivity contribution in [1.82, 2.24) is 9.97 Å². The maximum atomic E-state index is 13.0. The Balaban J connectivity index is 2.32. The predicted molar refractivity (Wildman–Crippen MR) is 74.4 cm³/mol. The van der Waals surface area contributed by atoms with Crippen molar-refractivity contribution in [2.24, 2.45) is 5.73 Å². The first kappa shape index (κ1) is 13.9. The first-order valence-corrected chi connectivity index (χ1v) is 6.51. The molecule has 1 atom stereocenters. The number of benzene rings is 1. The van der Waals surface area contributed by atoms with Crippen LogP contribution in [0.4, 0.5) is 4.39 Å². The highest BCUT2D eigenvalue weighted by atomic mass is 35.5. The molecule has 0 aliphatic carbocycles. The van der Waals surface area contributed by atoms with Gasteiger partial charge in [-0.3, -0.25) is 0 Å². The minimum absolute atomic E-state index is 0.0754. The summed E-state index contributed by atoms with van der Waals surface area (Å²) in [5.74, 6) is 0.115. The van der Waals surface area contributed by atoms with E-state index in [9.17, 15) is 4.39 Å². The molecular weight excluding hydrogens is 265 g/mol. The molecule has 2 rings (SSSR count). The summed E-state index contributed by atoms with van der Waals surface area (Å²) < 4.78 is 13.0. The molecule has 2 N–H and O–H groups in total. The quantitative estimate of drug-likeness (QED) is 0.935. The number of hydrogen-bond donors (Lipinski definition) is 1. The van der Waals surface area contributed by atoms with Gasteiger partial charge in [0.1, 0.15) is 5.82 Å². The van der Waals surface area contributed by atoms with Crippen molar-refractivity contribution in [3.8, 4) is 11.4 Å². The van der Waals surface area contributed by atoms with Crippen LogP contribution in [-0.2, 0) is 6.42 Å². The Kier molecular flexibility index (Phi) is 4.45. The third-order valence-electron chi connectivity index (χ3n) is 2.88. The van der Waals surface area contributed by atoms with Crippen LogP contribution in [0.2, 0.25) is 5.02 Å². The Morgan fingerprint density at radius 2 is 2.16 bits per heavy atom. The van der Waals surface area contributed by atoms with Gasteiger partial charge in [0.2, 0.25) is 0 Å². The van der Waals surface area contributed by atoms with Crippen molar-refractivity contribution in [3.05, 3.63) is 47.0 Å². The van der Waals surface area contributed by atoms with Crippen molar-refractivity contribution >= 4 is 11.6 Å². The summed E-state index contributed by atoms with van der Waals surface area (Å²) in [7, 11) is 0. The zero-order chi connectivity index (χ0) is 13.8. The lowest BCUT2D eigenvalue weighted by atomic mass is 10.1. The Labute approximate surface area is 116 Å². The van der Waals surface area contributed by atoms with Crippen LogP contribution in [0, 0.1) is 5.82 Å². The van der Waals surface area contributed by atoms with Gasteiger partial charge < -0.3 is 5.73 Å². The first-order valence-electron chi connectivity index (χ1n) is 6.13. The number of nitrogens with two attached hydrogens (primary N) is 1. The van der Waals surface area contributed by atoms with Crippen molar-refractivity contribution in [2.75, 3.05) is 0 Å². The van der Waals surface area contributed by atoms with Crippen LogP contribution >= 0.6 is 11.6 Å². The van der Waals surface area contributed by atoms with Crippen LogP contribution in [0.3, 0.4) is 0 Å². The normalized spacial score (nSPS) is 12.4. The molecule has 1 unspecified atom stereocenters. The Bertz CT molecular complexity index is 574. The number of hydrogen-bond acceptors (Lipinski definition) is 3. The highest BCUT2D eigenvalue weighted by Crippen LogP contribution is 2.25. The van der Waals surface area contributed by atoms with E-state index in [1.165, 1.54) is 12.1 Å². The second kappa shape index (κ2) is 6.08. The van der Waals surface area contributed by atoms with Crippen molar-refractivity contribution in [2.45, 2.75) is 25.8 Å². The smallest absolute Gasteiger partial charge is 0.160 e. The van der Waals surface area contributed by atoms with Crippen molar-refractivity contribution in [3.63, 3.8) is 0 Å². The fourth-order valence-electron chi connectivity index (χ4n) is 1.72. The minimum atomic E-state index is -0.377. The van der Waals surface area contributed by atoms with Crippen molar-refractivity contribution in [1.29, 1.82) is 0 Å². The standard InChI is InChI=1S/C14H15ClFN3/c1-2-10(17)8-11-5-6-18-14(19-11)12-4-3-9(16)7-13(12)15/h3-7,10H,2,8,17H2,1H3. The second-order valence-electron chi connectivity index (χ2n) is 4.37. The van der Waals surface area contributed by atoms with Crippen LogP contribution in [0.25, 0.3) is 11.4 Å². The minimum Gasteiger partial charge on any atom is -0.327 e. The maximum Gasteiger partial charge on any atom is 0.160 e. The summed E-state index contributed by atoms with van der Waals surface area (Å²) >= 11 is 6.00. The fourth-order valence-corrected chi connectivity index (χ4v) is 1.98. The maximum absolute atomic E-state index is 13.0. The van der Waals surface area contributed by atoms with E-state index in [2.05, 4.69) is 9.97 Å². The molecule has 0 aliphatic rings. The Hall–Kier alpha value is -1.52. The summed E-state index contributed by atoms with van der Waals surface area (Å²) in [5, 5.41) is 0.303. The van der Waals surface area contributed by atoms with Crippen molar-refractivity contribution < 1.29 is 4.39 Å². The van der Waals surface area contributed by atoms with Gasteiger partial charge in [0, 0.05) is 29.9 Å². The molecule has 0 fully saturated rings. The molecule has 1 heterocycles. The lowest BCUT2D eigenvalue weighted by Gasteiger charge is -2.09. The lowest BCUT2D eigenvalue weighted by molar-refractivity contribution is 0.628. The highest BCUT2D eigenvalue weighted by molar-refractivity contribution is 6.33. The molecule has 1 aromatic heterocycles. The molecule has 100 valence electrons. The van der Waals surface area contributed by atoms with Gasteiger partial charge in [0.15, 0.2) is 5.82 Å². The van der Waals surface area contributed by atoms with Gasteiger partial charge in [0.05, 0.1) is 5.02 Å². The fraction of sp³-hybridized carbons (Fsp3) is 0.286. The zero-order valence-corrected chi connectivity index (χ0v) is 11.4. The van der Waals surface area contributed by atoms with Crippen LogP contribution < -0.4 is 5.73 Å². The molecule has 2 aromatic rings. The van der Waals surface area contributed by atoms with Crippen LogP contribution in [0.1, 0.15) is 19.0 Å². The summed E-state index contributed by atoms with van der Waals surface area (Å²) in [6.45, 7) is 2.03. The first-order chi connectivity index (χ1) is 9.10. The van der Waals surface area contributed by atoms with E-state index in [-0.39, 0.29) is 11.9 Å². The third-order valence-corrected chi connectivity index (χ3v) is 3.19. The molecular formula is C14H15ClFN3. The van der Waals surface area contributed by atoms with E-state index < -0.39 is 0 Å². The molecule has 3 nitrogen and oxygen atoms in total. The average molecular weight is 280 g/mol. The zero-order valence-electron chi connectivity index (χ0n) is 10.6. The van der Waals surface area contributed by atoms with E-state index in [4.69, 9.17) is 17.3 Å². The molecule has 19 heavy (non-hydrogen) atoms. The summed E-state index contributed by atoms with van der Waals surface area (Å²) in [6, 6.07) is 6.08. The van der Waals surface area contributed by atoms with Gasteiger partial charge in [-0.15, -0.1) is 0 Å². The third kappa shape index (κ3) is 3.49. The molecule has 1 aromatic carbocycles. The lowest BCUT2D eigenvalue weighted by Crippen LogP contribution is -2.22.